The van der Waals surface area contributed by atoms with Crippen molar-refractivity contribution in [2.45, 2.75) is 18.9 Å². The average Bonchev–Trinajstić information content (AvgIpc) is 2.68. The van der Waals surface area contributed by atoms with Crippen LogP contribution in [0.25, 0.3) is 0 Å². The molecule has 4 nitrogen and oxygen atoms in total. The second-order valence-electron chi connectivity index (χ2n) is 4.26. The van der Waals surface area contributed by atoms with Crippen molar-refractivity contribution in [3.05, 3.63) is 16.3 Å². The van der Waals surface area contributed by atoms with E-state index in [1.54, 1.807) is 6.07 Å². The maximum atomic E-state index is 11.9. The molecule has 0 radical (unpaired) electrons. The molecule has 2 heterocycles. The Morgan fingerprint density at radius 3 is 2.81 bits per heavy atom. The molecule has 0 aliphatic carbocycles. The van der Waals surface area contributed by atoms with Crippen LogP contribution in [0.4, 0.5) is 5.69 Å². The number of nitrogen functional groups attached to an aromatic ring is 1. The van der Waals surface area contributed by atoms with Crippen molar-refractivity contribution in [1.29, 1.82) is 0 Å². The van der Waals surface area contributed by atoms with E-state index in [1.165, 1.54) is 11.3 Å². The topological polar surface area (TPSA) is 58.4 Å². The van der Waals surface area contributed by atoms with Gasteiger partial charge in [0.1, 0.15) is 4.88 Å². The number of carbonyl (C=O) groups excluding carboxylic acids is 1. The fourth-order valence-corrected chi connectivity index (χ4v) is 2.63. The highest BCUT2D eigenvalue weighted by atomic mass is 32.1. The number of carbonyl (C=O) groups is 1. The summed E-state index contributed by atoms with van der Waals surface area (Å²) in [5.41, 5.74) is 6.29. The van der Waals surface area contributed by atoms with Crippen molar-refractivity contribution >= 4 is 22.9 Å². The van der Waals surface area contributed by atoms with Gasteiger partial charge >= 0.3 is 0 Å². The number of piperidine rings is 1. The molecule has 0 spiro atoms. The van der Waals surface area contributed by atoms with E-state index in [-0.39, 0.29) is 5.91 Å². The van der Waals surface area contributed by atoms with Gasteiger partial charge in [0.15, 0.2) is 0 Å². The number of amides is 1. The Morgan fingerprint density at radius 1 is 1.56 bits per heavy atom. The first-order chi connectivity index (χ1) is 7.66. The number of hydrogen-bond donors (Lipinski definition) is 2. The molecule has 1 aromatic rings. The van der Waals surface area contributed by atoms with E-state index >= 15 is 0 Å². The number of nitrogens with one attached hydrogen (secondary N) is 1. The molecule has 0 aromatic carbocycles. The Kier molecular flexibility index (Phi) is 3.46. The van der Waals surface area contributed by atoms with Gasteiger partial charge in [0.2, 0.25) is 0 Å². The van der Waals surface area contributed by atoms with Gasteiger partial charge in [-0.2, -0.15) is 0 Å². The summed E-state index contributed by atoms with van der Waals surface area (Å²) in [6.07, 6.45) is 2.04. The van der Waals surface area contributed by atoms with Crippen molar-refractivity contribution in [3.63, 3.8) is 0 Å². The van der Waals surface area contributed by atoms with E-state index in [9.17, 15) is 4.79 Å². The zero-order chi connectivity index (χ0) is 11.5. The first-order valence-electron chi connectivity index (χ1n) is 5.49. The summed E-state index contributed by atoms with van der Waals surface area (Å²) in [7, 11) is 2.11. The van der Waals surface area contributed by atoms with Crippen molar-refractivity contribution in [2.75, 3.05) is 25.9 Å². The van der Waals surface area contributed by atoms with E-state index < -0.39 is 0 Å². The van der Waals surface area contributed by atoms with Crippen LogP contribution in [0.2, 0.25) is 0 Å². The first-order valence-corrected chi connectivity index (χ1v) is 6.37. The molecule has 5 heteroatoms. The average molecular weight is 239 g/mol. The molecule has 3 N–H and O–H groups in total. The molecule has 0 saturated carbocycles. The van der Waals surface area contributed by atoms with Gasteiger partial charge in [-0.3, -0.25) is 4.79 Å². The summed E-state index contributed by atoms with van der Waals surface area (Å²) in [6, 6.07) is 2.07. The normalized spacial score (nSPS) is 18.6. The van der Waals surface area contributed by atoms with Gasteiger partial charge in [-0.15, -0.1) is 11.3 Å². The summed E-state index contributed by atoms with van der Waals surface area (Å²) in [5.74, 6) is -0.0259. The molecule has 0 bridgehead atoms. The Bertz CT molecular complexity index is 369. The summed E-state index contributed by atoms with van der Waals surface area (Å²) >= 11 is 1.40. The van der Waals surface area contributed by atoms with Gasteiger partial charge in [0.05, 0.1) is 5.69 Å². The predicted octanol–water partition coefficient (Wildman–Crippen LogP) is 1.15. The van der Waals surface area contributed by atoms with E-state index in [2.05, 4.69) is 17.3 Å². The summed E-state index contributed by atoms with van der Waals surface area (Å²) in [6.45, 7) is 2.09. The number of nitrogens with zero attached hydrogens (tertiary/aromatic N) is 1. The molecule has 0 unspecified atom stereocenters. The van der Waals surface area contributed by atoms with Gasteiger partial charge in [0, 0.05) is 6.04 Å². The molecule has 1 amide bonds. The number of hydrogen-bond acceptors (Lipinski definition) is 4. The third kappa shape index (κ3) is 2.54. The van der Waals surface area contributed by atoms with Crippen molar-refractivity contribution in [2.24, 2.45) is 0 Å². The largest absolute Gasteiger partial charge is 0.397 e. The SMILES string of the molecule is CN1CCC(NC(=O)c2sccc2N)CC1. The van der Waals surface area contributed by atoms with Crippen LogP contribution in [0.1, 0.15) is 22.5 Å². The number of rotatable bonds is 2. The maximum Gasteiger partial charge on any atom is 0.263 e. The second-order valence-corrected chi connectivity index (χ2v) is 5.17. The minimum Gasteiger partial charge on any atom is -0.397 e. The first kappa shape index (κ1) is 11.4. The fourth-order valence-electron chi connectivity index (χ4n) is 1.91. The van der Waals surface area contributed by atoms with Gasteiger partial charge in [0.25, 0.3) is 5.91 Å². The van der Waals surface area contributed by atoms with Gasteiger partial charge < -0.3 is 16.0 Å². The minimum atomic E-state index is -0.0259. The van der Waals surface area contributed by atoms with Crippen LogP contribution >= 0.6 is 11.3 Å². The van der Waals surface area contributed by atoms with Crippen molar-refractivity contribution in [3.8, 4) is 0 Å². The van der Waals surface area contributed by atoms with Crippen molar-refractivity contribution in [1.82, 2.24) is 10.2 Å². The van der Waals surface area contributed by atoms with Crippen LogP contribution in [0.5, 0.6) is 0 Å². The highest BCUT2D eigenvalue weighted by Gasteiger charge is 2.20. The third-order valence-electron chi connectivity index (χ3n) is 2.96. The summed E-state index contributed by atoms with van der Waals surface area (Å²) in [5, 5.41) is 4.89. The molecule has 1 aliphatic rings. The van der Waals surface area contributed by atoms with Crippen LogP contribution in [0, 0.1) is 0 Å². The molecule has 1 aliphatic heterocycles. The summed E-state index contributed by atoms with van der Waals surface area (Å²) < 4.78 is 0. The lowest BCUT2D eigenvalue weighted by Gasteiger charge is -2.29. The van der Waals surface area contributed by atoms with Crippen LogP contribution in [-0.4, -0.2) is 37.0 Å². The molecule has 88 valence electrons. The Morgan fingerprint density at radius 2 is 2.25 bits per heavy atom. The molecule has 1 fully saturated rings. The monoisotopic (exact) mass is 239 g/mol. The van der Waals surface area contributed by atoms with E-state index in [0.717, 1.165) is 25.9 Å². The molecule has 0 atom stereocenters. The van der Waals surface area contributed by atoms with E-state index in [1.807, 2.05) is 5.38 Å². The van der Waals surface area contributed by atoms with Gasteiger partial charge in [-0.1, -0.05) is 0 Å². The molecular weight excluding hydrogens is 222 g/mol. The van der Waals surface area contributed by atoms with Gasteiger partial charge in [-0.05, 0) is 44.4 Å². The van der Waals surface area contributed by atoms with Crippen LogP contribution < -0.4 is 11.1 Å². The Labute approximate surface area is 99.4 Å². The predicted molar refractivity (Wildman–Crippen MR) is 66.7 cm³/mol. The number of nitrogens with two attached hydrogens (primary N) is 1. The Hall–Kier alpha value is -1.07. The lowest BCUT2D eigenvalue weighted by Crippen LogP contribution is -2.43. The lowest BCUT2D eigenvalue weighted by molar-refractivity contribution is 0.0922. The zero-order valence-corrected chi connectivity index (χ0v) is 10.2. The zero-order valence-electron chi connectivity index (χ0n) is 9.40. The maximum absolute atomic E-state index is 11.9. The number of likely N-dealkylation sites (tertiary alicyclic amines) is 1. The quantitative estimate of drug-likeness (QED) is 0.814. The van der Waals surface area contributed by atoms with E-state index in [4.69, 9.17) is 5.73 Å². The van der Waals surface area contributed by atoms with Crippen LogP contribution in [0.15, 0.2) is 11.4 Å². The highest BCUT2D eigenvalue weighted by molar-refractivity contribution is 7.12. The molecule has 2 rings (SSSR count). The standard InChI is InChI=1S/C11H17N3OS/c1-14-5-2-8(3-6-14)13-11(15)10-9(12)4-7-16-10/h4,7-8H,2-3,5-6,12H2,1H3,(H,13,15). The fraction of sp³-hybridized carbons (Fsp3) is 0.545. The molecule has 16 heavy (non-hydrogen) atoms. The van der Waals surface area contributed by atoms with E-state index in [0.29, 0.717) is 16.6 Å². The third-order valence-corrected chi connectivity index (χ3v) is 3.88. The molecule has 1 aromatic heterocycles. The Balaban J connectivity index is 1.91. The minimum absolute atomic E-state index is 0.0259. The highest BCUT2D eigenvalue weighted by Crippen LogP contribution is 2.19. The van der Waals surface area contributed by atoms with Crippen molar-refractivity contribution < 1.29 is 4.79 Å². The van der Waals surface area contributed by atoms with Crippen LogP contribution in [-0.2, 0) is 0 Å². The van der Waals surface area contributed by atoms with Crippen LogP contribution in [0.3, 0.4) is 0 Å². The smallest absolute Gasteiger partial charge is 0.263 e. The molecular formula is C11H17N3OS. The molecule has 1 saturated heterocycles. The second kappa shape index (κ2) is 4.84. The number of anilines is 1. The lowest BCUT2D eigenvalue weighted by atomic mass is 10.1. The van der Waals surface area contributed by atoms with Gasteiger partial charge in [-0.25, -0.2) is 0 Å². The summed E-state index contributed by atoms with van der Waals surface area (Å²) in [4.78, 5) is 14.8. The number of thiophene rings is 1.